The number of carbonyl (C=O) groups excluding carboxylic acids is 7. The third-order valence-corrected chi connectivity index (χ3v) is 18.3. The Bertz CT molecular complexity index is 6860. The van der Waals surface area contributed by atoms with E-state index in [1.807, 2.05) is 0 Å². The smallest absolute Gasteiger partial charge is 0.201 e. The highest BCUT2D eigenvalue weighted by Gasteiger charge is 2.28. The van der Waals surface area contributed by atoms with Crippen LogP contribution in [0.15, 0.2) is 200 Å². The Kier molecular flexibility index (Phi) is 30.5. The van der Waals surface area contributed by atoms with Gasteiger partial charge in [0.25, 0.3) is 0 Å². The molecule has 0 bridgehead atoms. The van der Waals surface area contributed by atoms with Crippen LogP contribution in [0.5, 0.6) is 213 Å². The Morgan fingerprint density at radius 1 is 0.111 bits per heavy atom. The van der Waals surface area contributed by atoms with Crippen LogP contribution in [0.2, 0.25) is 0 Å². The van der Waals surface area contributed by atoms with Crippen molar-refractivity contribution in [3.05, 3.63) is 278 Å². The van der Waals surface area contributed by atoms with Gasteiger partial charge in [0.15, 0.2) is 196 Å². The lowest BCUT2D eigenvalue weighted by Gasteiger charge is -2.09. The van der Waals surface area contributed by atoms with Crippen molar-refractivity contribution >= 4 is 40.5 Å². The van der Waals surface area contributed by atoms with E-state index in [9.17, 15) is 177 Å². The molecule has 0 aliphatic heterocycles. The van der Waals surface area contributed by atoms with E-state index >= 15 is 0 Å². The van der Waals surface area contributed by atoms with E-state index in [4.69, 9.17) is 46.0 Å². The molecule has 0 aliphatic rings. The number of phenolic OH excluding ortho intramolecular Hbond substituents is 37. The number of benzene rings is 14. The summed E-state index contributed by atoms with van der Waals surface area (Å²) in [7, 11) is 0. The molecule has 0 saturated heterocycles. The molecule has 14 rings (SSSR count). The van der Waals surface area contributed by atoms with Crippen LogP contribution in [0.3, 0.4) is 0 Å². The normalized spacial score (nSPS) is 10.3. The molecular formula is C91H70O44. The van der Waals surface area contributed by atoms with E-state index in [0.29, 0.717) is 0 Å². The second-order valence-electron chi connectivity index (χ2n) is 27.5. The topological polar surface area (TPSA) is 868 Å². The van der Waals surface area contributed by atoms with Crippen LogP contribution in [0.4, 0.5) is 0 Å². The average molecular weight is 1870 g/mol. The summed E-state index contributed by atoms with van der Waals surface area (Å²) in [6.45, 7) is 0. The van der Waals surface area contributed by atoms with E-state index in [2.05, 4.69) is 0 Å². The van der Waals surface area contributed by atoms with Gasteiger partial charge in [-0.05, 0) is 176 Å². The fraction of sp³-hybridized carbons (Fsp3) is 0. The summed E-state index contributed by atoms with van der Waals surface area (Å²) in [5.74, 6) is -27.4. The molecular weight excluding hydrogens is 1800 g/mol. The van der Waals surface area contributed by atoms with Gasteiger partial charge in [0.2, 0.25) is 23.1 Å². The SMILES string of the molecule is O=C(c1cc(O)c(O)c(O)c1)c1cc(O)c(O)c(O)c1.O=C(c1cc(O)c(O)c(O)c1)c1ccc(O)c(O)c1O.O=C(c1cc(O)c(O)cc1O)c1ccc(O)c(O)c1O.O=C(c1ccc(O)c(O)c1)c1cc(O)c(O)c(O)c1.O=C(c1ccc(O)c(O)c1)c1cc(O)c(O)cc1O.O=C(c1ccc(O)cc1)c1cc(O)c(O)c(O)c1.O=C(c1ccc(O)cc1O)c1cc(O)c(O)cc1O. The summed E-state index contributed by atoms with van der Waals surface area (Å²) < 4.78 is 0. The molecule has 0 atom stereocenters. The average Bonchev–Trinajstić information content (AvgIpc) is 0.800. The highest BCUT2D eigenvalue weighted by molar-refractivity contribution is 6.16. The highest BCUT2D eigenvalue weighted by atomic mass is 16.4. The molecule has 37 N–H and O–H groups in total. The van der Waals surface area contributed by atoms with Gasteiger partial charge < -0.3 is 189 Å². The fourth-order valence-corrected chi connectivity index (χ4v) is 11.2. The minimum absolute atomic E-state index is 0.00990. The minimum Gasteiger partial charge on any atom is -0.508 e. The van der Waals surface area contributed by atoms with Gasteiger partial charge in [-0.15, -0.1) is 0 Å². The van der Waals surface area contributed by atoms with E-state index in [1.165, 1.54) is 48.5 Å². The van der Waals surface area contributed by atoms with Gasteiger partial charge in [0.1, 0.15) is 34.5 Å². The molecule has 0 aromatic heterocycles. The number of aromatic hydroxyl groups is 37. The van der Waals surface area contributed by atoms with E-state index in [-0.39, 0.29) is 101 Å². The Morgan fingerprint density at radius 3 is 0.615 bits per heavy atom. The number of hydrogen-bond acceptors (Lipinski definition) is 44. The summed E-state index contributed by atoms with van der Waals surface area (Å²) >= 11 is 0. The van der Waals surface area contributed by atoms with Crippen LogP contribution in [0.1, 0.15) is 111 Å². The lowest BCUT2D eigenvalue weighted by atomic mass is 10.0. The van der Waals surface area contributed by atoms with Crippen LogP contribution >= 0.6 is 0 Å². The molecule has 44 heteroatoms. The predicted molar refractivity (Wildman–Crippen MR) is 456 cm³/mol. The molecule has 0 radical (unpaired) electrons. The fourth-order valence-electron chi connectivity index (χ4n) is 11.2. The minimum atomic E-state index is -0.911. The van der Waals surface area contributed by atoms with Crippen LogP contribution in [-0.2, 0) is 0 Å². The number of phenols is 37. The van der Waals surface area contributed by atoms with Gasteiger partial charge >= 0.3 is 0 Å². The summed E-state index contributed by atoms with van der Waals surface area (Å²) in [6, 6.07) is 34.4. The van der Waals surface area contributed by atoms with Crippen molar-refractivity contribution in [2.45, 2.75) is 0 Å². The van der Waals surface area contributed by atoms with Crippen molar-refractivity contribution in [1.29, 1.82) is 0 Å². The lowest BCUT2D eigenvalue weighted by molar-refractivity contribution is 0.102. The molecule has 0 unspecified atom stereocenters. The molecule has 14 aromatic rings. The number of ketones is 7. The molecule has 0 amide bonds. The molecule has 0 spiro atoms. The van der Waals surface area contributed by atoms with E-state index in [0.717, 1.165) is 152 Å². The first-order valence-electron chi connectivity index (χ1n) is 36.8. The van der Waals surface area contributed by atoms with Crippen LogP contribution in [0, 0.1) is 0 Å². The quantitative estimate of drug-likeness (QED) is 0.0273. The van der Waals surface area contributed by atoms with Crippen molar-refractivity contribution < 1.29 is 223 Å². The summed E-state index contributed by atoms with van der Waals surface area (Å²) in [5, 5.41) is 344. The largest absolute Gasteiger partial charge is 0.508 e. The second kappa shape index (κ2) is 41.2. The van der Waals surface area contributed by atoms with Gasteiger partial charge in [-0.1, -0.05) is 0 Å². The van der Waals surface area contributed by atoms with Gasteiger partial charge in [-0.3, -0.25) is 33.6 Å². The molecule has 698 valence electrons. The van der Waals surface area contributed by atoms with E-state index in [1.54, 1.807) is 0 Å². The maximum absolute atomic E-state index is 12.1. The zero-order chi connectivity index (χ0) is 101. The highest BCUT2D eigenvalue weighted by Crippen LogP contribution is 2.47. The Balaban J connectivity index is 0.000000194. The van der Waals surface area contributed by atoms with Crippen LogP contribution < -0.4 is 0 Å². The monoisotopic (exact) mass is 1870 g/mol. The van der Waals surface area contributed by atoms with Crippen LogP contribution in [-0.4, -0.2) is 229 Å². The molecule has 14 aromatic carbocycles. The third-order valence-electron chi connectivity index (χ3n) is 18.3. The molecule has 0 saturated carbocycles. The number of hydrogen-bond donors (Lipinski definition) is 37. The molecule has 135 heavy (non-hydrogen) atoms. The Hall–Kier alpha value is -20.6. The van der Waals surface area contributed by atoms with Crippen molar-refractivity contribution in [1.82, 2.24) is 0 Å². The van der Waals surface area contributed by atoms with Gasteiger partial charge in [0.05, 0.1) is 33.4 Å². The molecule has 0 fully saturated rings. The second-order valence-corrected chi connectivity index (χ2v) is 27.5. The zero-order valence-corrected chi connectivity index (χ0v) is 67.5. The first kappa shape index (κ1) is 99.8. The first-order valence-corrected chi connectivity index (χ1v) is 36.8. The number of rotatable bonds is 14. The summed E-state index contributed by atoms with van der Waals surface area (Å²) in [5.41, 5.74) is -2.05. The predicted octanol–water partition coefficient (Wildman–Crippen LogP) is 9.53. The van der Waals surface area contributed by atoms with E-state index < -0.39 is 230 Å². The lowest BCUT2D eigenvalue weighted by Crippen LogP contribution is -2.02. The van der Waals surface area contributed by atoms with Gasteiger partial charge in [-0.2, -0.15) is 0 Å². The van der Waals surface area contributed by atoms with Crippen molar-refractivity contribution in [2.24, 2.45) is 0 Å². The summed E-state index contributed by atoms with van der Waals surface area (Å²) in [6.07, 6.45) is 0. The van der Waals surface area contributed by atoms with Crippen molar-refractivity contribution in [3.8, 4) is 213 Å². The molecule has 0 heterocycles. The van der Waals surface area contributed by atoms with Gasteiger partial charge in [0, 0.05) is 68.8 Å². The molecule has 44 nitrogen and oxygen atoms in total. The first-order chi connectivity index (χ1) is 63.1. The molecule has 0 aliphatic carbocycles. The van der Waals surface area contributed by atoms with Crippen molar-refractivity contribution in [2.75, 3.05) is 0 Å². The standard InChI is InChI=1S/3C13H10O7.3C13H10O6.C13H10O5/c14-7-1-5(2-8(15)12(7)19)11(18)6-3-9(16)13(20)10(17)4-6;14-7-2-1-6(11(18)13(7)20)10(17)5-3-8(15)12(19)9(16)4-5;14-7-2-1-5(12(19)13(7)20)11(18)6-3-9(16)10(17)4-8(6)15;14-8-2-1-6(3-10(8)16)13(19)7-4-11(17)12(18)5-9(7)15;14-8-2-1-6(3-9(8)15)12(18)7-4-10(16)13(19)11(17)5-7;14-6-1-2-7(9(15)3-6)13(19)8-4-11(17)12(18)5-10(8)16;14-9-3-1-7(2-4-9)12(17)8-5-10(15)13(18)11(16)6-8/h1-4,14-17,19-20H;1-4,14-16,18-20H;1-4,14-17,19-20H;1-5,14-18H;1-5,14-17,19H;1-5,14-18H;1-6,14-16,18H. The van der Waals surface area contributed by atoms with Gasteiger partial charge in [-0.25, -0.2) is 0 Å². The summed E-state index contributed by atoms with van der Waals surface area (Å²) in [4.78, 5) is 84.4. The van der Waals surface area contributed by atoms with Crippen LogP contribution in [0.25, 0.3) is 0 Å². The van der Waals surface area contributed by atoms with Crippen molar-refractivity contribution in [3.63, 3.8) is 0 Å². The zero-order valence-electron chi connectivity index (χ0n) is 67.5. The number of carbonyl (C=O) groups is 7. The maximum Gasteiger partial charge on any atom is 0.201 e. The maximum atomic E-state index is 12.1. The third kappa shape index (κ3) is 23.2. The Labute approximate surface area is 750 Å². The Morgan fingerprint density at radius 2 is 0.311 bits per heavy atom.